The minimum absolute atomic E-state index is 0.132. The Hall–Kier alpha value is -1.98. The van der Waals surface area contributed by atoms with Crippen LogP contribution >= 0.6 is 11.3 Å². The molecule has 1 unspecified atom stereocenters. The Kier molecular flexibility index (Phi) is 6.95. The Morgan fingerprint density at radius 3 is 2.59 bits per heavy atom. The normalized spacial score (nSPS) is 25.5. The summed E-state index contributed by atoms with van der Waals surface area (Å²) in [5.41, 5.74) is 7.10. The molecule has 0 aromatic carbocycles. The fraction of sp³-hybridized carbons (Fsp3) is 0.667. The van der Waals surface area contributed by atoms with Gasteiger partial charge in [-0.25, -0.2) is 5.01 Å². The lowest BCUT2D eigenvalue weighted by Crippen LogP contribution is -2.71. The van der Waals surface area contributed by atoms with Crippen molar-refractivity contribution < 1.29 is 9.59 Å². The van der Waals surface area contributed by atoms with Crippen molar-refractivity contribution in [2.24, 2.45) is 11.6 Å². The Bertz CT molecular complexity index is 1020. The van der Waals surface area contributed by atoms with E-state index in [4.69, 9.17) is 11.6 Å². The second-order valence-electron chi connectivity index (χ2n) is 10.1. The summed E-state index contributed by atoms with van der Waals surface area (Å²) in [7, 11) is 0. The molecule has 4 heterocycles. The first-order valence-corrected chi connectivity index (χ1v) is 13.5. The van der Waals surface area contributed by atoms with Gasteiger partial charge in [-0.15, -0.1) is 11.3 Å². The van der Waals surface area contributed by atoms with E-state index in [0.717, 1.165) is 75.0 Å². The van der Waals surface area contributed by atoms with E-state index in [1.54, 1.807) is 16.2 Å². The monoisotopic (exact) mass is 487 g/mol. The van der Waals surface area contributed by atoms with E-state index < -0.39 is 5.66 Å². The van der Waals surface area contributed by atoms with Crippen molar-refractivity contribution in [1.29, 1.82) is 0 Å². The van der Waals surface area contributed by atoms with Crippen molar-refractivity contribution in [2.45, 2.75) is 63.2 Å². The number of piperazine rings is 1. The first-order chi connectivity index (χ1) is 16.5. The van der Waals surface area contributed by atoms with Gasteiger partial charge in [0.2, 0.25) is 0 Å². The van der Waals surface area contributed by atoms with Crippen LogP contribution in [0.1, 0.15) is 55.4 Å². The smallest absolute Gasteiger partial charge is 0.272 e. The molecule has 1 atom stereocenters. The van der Waals surface area contributed by atoms with E-state index in [1.807, 2.05) is 27.1 Å². The van der Waals surface area contributed by atoms with Gasteiger partial charge in [0.1, 0.15) is 5.69 Å². The maximum absolute atomic E-state index is 13.7. The van der Waals surface area contributed by atoms with Gasteiger partial charge in [0.15, 0.2) is 5.66 Å². The van der Waals surface area contributed by atoms with E-state index in [2.05, 4.69) is 10.2 Å². The van der Waals surface area contributed by atoms with Crippen LogP contribution in [0, 0.1) is 0 Å². The van der Waals surface area contributed by atoms with Crippen LogP contribution in [0.25, 0.3) is 10.2 Å². The molecule has 34 heavy (non-hydrogen) atoms. The van der Waals surface area contributed by atoms with E-state index in [9.17, 15) is 9.59 Å². The number of nitrogens with one attached hydrogen (secondary N) is 1. The van der Waals surface area contributed by atoms with Crippen molar-refractivity contribution in [3.05, 3.63) is 23.2 Å². The summed E-state index contributed by atoms with van der Waals surface area (Å²) in [6.45, 7) is 5.11. The number of amides is 2. The second-order valence-corrected chi connectivity index (χ2v) is 11.0. The Morgan fingerprint density at radius 2 is 1.85 bits per heavy atom. The molecule has 3 aliphatic rings. The first kappa shape index (κ1) is 23.7. The first-order valence-electron chi connectivity index (χ1n) is 12.7. The van der Waals surface area contributed by atoms with Crippen molar-refractivity contribution in [3.8, 4) is 0 Å². The summed E-state index contributed by atoms with van der Waals surface area (Å²) >= 11 is 1.61. The SMILES string of the molecule is NN1CCN(CCCN2C(=O)c3cc4sccc4n3CC2(N)C(=O)NC2CCCCCC2)CC1. The van der Waals surface area contributed by atoms with Crippen LogP contribution in [0.15, 0.2) is 17.5 Å². The van der Waals surface area contributed by atoms with Gasteiger partial charge >= 0.3 is 0 Å². The van der Waals surface area contributed by atoms with E-state index in [0.29, 0.717) is 12.2 Å². The molecule has 0 bridgehead atoms. The summed E-state index contributed by atoms with van der Waals surface area (Å²) in [6, 6.07) is 4.08. The molecule has 2 fully saturated rings. The molecule has 2 aliphatic heterocycles. The average Bonchev–Trinajstić information content (AvgIpc) is 3.32. The molecular weight excluding hydrogens is 450 g/mol. The summed E-state index contributed by atoms with van der Waals surface area (Å²) in [4.78, 5) is 31.4. The molecule has 5 N–H and O–H groups in total. The molecule has 0 spiro atoms. The molecular formula is C24H37N7O2S. The van der Waals surface area contributed by atoms with Crippen molar-refractivity contribution in [3.63, 3.8) is 0 Å². The number of hydrogen-bond donors (Lipinski definition) is 3. The van der Waals surface area contributed by atoms with Crippen LogP contribution in [-0.2, 0) is 11.3 Å². The Balaban J connectivity index is 1.36. The molecule has 2 aromatic rings. The van der Waals surface area contributed by atoms with Crippen LogP contribution in [0.2, 0.25) is 0 Å². The predicted molar refractivity (Wildman–Crippen MR) is 134 cm³/mol. The number of hydrogen-bond acceptors (Lipinski definition) is 7. The second kappa shape index (κ2) is 9.94. The van der Waals surface area contributed by atoms with E-state index >= 15 is 0 Å². The van der Waals surface area contributed by atoms with E-state index in [-0.39, 0.29) is 24.4 Å². The Morgan fingerprint density at radius 1 is 1.12 bits per heavy atom. The zero-order valence-corrected chi connectivity index (χ0v) is 20.7. The summed E-state index contributed by atoms with van der Waals surface area (Å²) < 4.78 is 2.99. The molecule has 5 rings (SSSR count). The van der Waals surface area contributed by atoms with Gasteiger partial charge in [-0.3, -0.25) is 21.2 Å². The number of nitrogens with two attached hydrogens (primary N) is 2. The number of hydrazine groups is 1. The maximum Gasteiger partial charge on any atom is 0.272 e. The van der Waals surface area contributed by atoms with Gasteiger partial charge < -0.3 is 19.7 Å². The summed E-state index contributed by atoms with van der Waals surface area (Å²) in [6.07, 6.45) is 7.40. The lowest BCUT2D eigenvalue weighted by atomic mass is 10.0. The number of fused-ring (bicyclic) bond motifs is 3. The van der Waals surface area contributed by atoms with Crippen molar-refractivity contribution in [2.75, 3.05) is 39.3 Å². The molecule has 1 saturated carbocycles. The highest BCUT2D eigenvalue weighted by molar-refractivity contribution is 7.17. The summed E-state index contributed by atoms with van der Waals surface area (Å²) in [5, 5.41) is 7.08. The number of carbonyl (C=O) groups is 2. The lowest BCUT2D eigenvalue weighted by molar-refractivity contribution is -0.134. The number of carbonyl (C=O) groups excluding carboxylic acids is 2. The average molecular weight is 488 g/mol. The highest BCUT2D eigenvalue weighted by Crippen LogP contribution is 2.33. The number of nitrogens with zero attached hydrogens (tertiary/aromatic N) is 4. The Labute approximate surface area is 205 Å². The third-order valence-electron chi connectivity index (χ3n) is 7.71. The quantitative estimate of drug-likeness (QED) is 0.421. The van der Waals surface area contributed by atoms with Gasteiger partial charge in [0.05, 0.1) is 16.8 Å². The van der Waals surface area contributed by atoms with Crippen LogP contribution in [0.3, 0.4) is 0 Å². The van der Waals surface area contributed by atoms with Gasteiger partial charge in [0.25, 0.3) is 11.8 Å². The van der Waals surface area contributed by atoms with Gasteiger partial charge in [-0.1, -0.05) is 25.7 Å². The number of rotatable bonds is 6. The third kappa shape index (κ3) is 4.61. The fourth-order valence-corrected chi connectivity index (χ4v) is 6.46. The molecule has 1 aliphatic carbocycles. The zero-order valence-electron chi connectivity index (χ0n) is 19.9. The standard InChI is InChI=1S/C24H37N7O2S/c25-24(23(33)27-18-6-3-1-2-4-7-18)17-30-19-8-15-34-21(19)16-20(30)22(32)31(24)10-5-9-28-11-13-29(26)14-12-28/h8,15-16,18H,1-7,9-14,17,25-26H2,(H,27,33). The maximum atomic E-state index is 13.7. The topological polar surface area (TPSA) is 113 Å². The van der Waals surface area contributed by atoms with Crippen molar-refractivity contribution >= 4 is 33.4 Å². The molecule has 0 radical (unpaired) electrons. The lowest BCUT2D eigenvalue weighted by Gasteiger charge is -2.44. The molecule has 186 valence electrons. The van der Waals surface area contributed by atoms with Crippen molar-refractivity contribution in [1.82, 2.24) is 24.7 Å². The molecule has 2 amide bonds. The minimum atomic E-state index is -1.40. The highest BCUT2D eigenvalue weighted by atomic mass is 32.1. The predicted octanol–water partition coefficient (Wildman–Crippen LogP) is 1.53. The third-order valence-corrected chi connectivity index (χ3v) is 8.57. The van der Waals surface area contributed by atoms with E-state index in [1.165, 1.54) is 12.8 Å². The zero-order chi connectivity index (χ0) is 23.7. The highest BCUT2D eigenvalue weighted by Gasteiger charge is 2.48. The minimum Gasteiger partial charge on any atom is -0.350 e. The van der Waals surface area contributed by atoms with Crippen LogP contribution < -0.4 is 16.9 Å². The van der Waals surface area contributed by atoms with Gasteiger partial charge in [0, 0.05) is 38.8 Å². The fourth-order valence-electron chi connectivity index (χ4n) is 5.64. The summed E-state index contributed by atoms with van der Waals surface area (Å²) in [5.74, 6) is 5.49. The van der Waals surface area contributed by atoms with Gasteiger partial charge in [-0.05, 0) is 43.3 Å². The largest absolute Gasteiger partial charge is 0.350 e. The molecule has 2 aromatic heterocycles. The van der Waals surface area contributed by atoms with Crippen LogP contribution in [0.5, 0.6) is 0 Å². The molecule has 9 nitrogen and oxygen atoms in total. The van der Waals surface area contributed by atoms with Crippen LogP contribution in [0.4, 0.5) is 0 Å². The van der Waals surface area contributed by atoms with Crippen LogP contribution in [-0.4, -0.2) is 82.2 Å². The van der Waals surface area contributed by atoms with Gasteiger partial charge in [-0.2, -0.15) is 0 Å². The molecule has 10 heteroatoms. The number of aromatic nitrogens is 1. The molecule has 1 saturated heterocycles. The number of thiophene rings is 1.